The summed E-state index contributed by atoms with van der Waals surface area (Å²) in [5.41, 5.74) is 1.78. The van der Waals surface area contributed by atoms with Crippen LogP contribution in [-0.2, 0) is 10.0 Å². The lowest BCUT2D eigenvalue weighted by molar-refractivity contribution is 0.0949. The summed E-state index contributed by atoms with van der Waals surface area (Å²) in [4.78, 5) is 12.0. The number of amides is 1. The van der Waals surface area contributed by atoms with Crippen LogP contribution in [0.4, 0.5) is 5.69 Å². The van der Waals surface area contributed by atoms with Crippen molar-refractivity contribution in [2.45, 2.75) is 20.8 Å². The molecule has 0 saturated carbocycles. The van der Waals surface area contributed by atoms with Gasteiger partial charge in [-0.25, -0.2) is 8.42 Å². The van der Waals surface area contributed by atoms with Crippen molar-refractivity contribution in [3.05, 3.63) is 29.3 Å². The van der Waals surface area contributed by atoms with Gasteiger partial charge < -0.3 is 5.32 Å². The molecule has 0 spiro atoms. The average molecular weight is 298 g/mol. The summed E-state index contributed by atoms with van der Waals surface area (Å²) < 4.78 is 24.4. The fourth-order valence-electron chi connectivity index (χ4n) is 1.67. The number of rotatable bonds is 5. The first kappa shape index (κ1) is 16.5. The number of benzene rings is 1. The van der Waals surface area contributed by atoms with Crippen molar-refractivity contribution in [3.8, 4) is 0 Å². The van der Waals surface area contributed by atoms with Gasteiger partial charge in [-0.15, -0.1) is 0 Å². The molecule has 1 amide bonds. The van der Waals surface area contributed by atoms with Crippen LogP contribution >= 0.6 is 0 Å². The standard InChI is InChI=1S/C14H22N2O3S/c1-10(2)9-15-14(17)12-7-6-11(3)13(8-12)16(4)20(5,18)19/h6-8,10H,9H2,1-5H3,(H,15,17). The van der Waals surface area contributed by atoms with E-state index < -0.39 is 10.0 Å². The van der Waals surface area contributed by atoms with E-state index in [1.165, 1.54) is 11.4 Å². The van der Waals surface area contributed by atoms with E-state index in [4.69, 9.17) is 0 Å². The van der Waals surface area contributed by atoms with Crippen LogP contribution in [0.2, 0.25) is 0 Å². The van der Waals surface area contributed by atoms with Crippen LogP contribution in [0.25, 0.3) is 0 Å². The Hall–Kier alpha value is -1.56. The summed E-state index contributed by atoms with van der Waals surface area (Å²) in [5, 5.41) is 2.82. The first-order chi connectivity index (χ1) is 9.12. The molecule has 0 bridgehead atoms. The van der Waals surface area contributed by atoms with Crippen molar-refractivity contribution in [1.82, 2.24) is 5.32 Å². The molecular weight excluding hydrogens is 276 g/mol. The van der Waals surface area contributed by atoms with Gasteiger partial charge in [-0.05, 0) is 30.5 Å². The molecular formula is C14H22N2O3S. The first-order valence-corrected chi connectivity index (χ1v) is 8.30. The Morgan fingerprint density at radius 2 is 1.95 bits per heavy atom. The second-order valence-electron chi connectivity index (χ2n) is 5.34. The van der Waals surface area contributed by atoms with Crippen molar-refractivity contribution in [3.63, 3.8) is 0 Å². The van der Waals surface area contributed by atoms with E-state index in [2.05, 4.69) is 5.32 Å². The summed E-state index contributed by atoms with van der Waals surface area (Å²) in [6.07, 6.45) is 1.14. The molecule has 0 atom stereocenters. The van der Waals surface area contributed by atoms with E-state index in [-0.39, 0.29) is 5.91 Å². The number of carbonyl (C=O) groups excluding carboxylic acids is 1. The van der Waals surface area contributed by atoms with Gasteiger partial charge in [0, 0.05) is 19.2 Å². The van der Waals surface area contributed by atoms with E-state index in [1.54, 1.807) is 18.2 Å². The average Bonchev–Trinajstić information content (AvgIpc) is 2.34. The summed E-state index contributed by atoms with van der Waals surface area (Å²) in [6, 6.07) is 5.05. The lowest BCUT2D eigenvalue weighted by Crippen LogP contribution is -2.29. The zero-order valence-electron chi connectivity index (χ0n) is 12.6. The van der Waals surface area contributed by atoms with E-state index in [0.29, 0.717) is 23.7 Å². The Kier molecular flexibility index (Phi) is 5.16. The SMILES string of the molecule is Cc1ccc(C(=O)NCC(C)C)cc1N(C)S(C)(=O)=O. The van der Waals surface area contributed by atoms with Crippen LogP contribution in [0.1, 0.15) is 29.8 Å². The van der Waals surface area contributed by atoms with Gasteiger partial charge in [0.1, 0.15) is 0 Å². The Bertz CT molecular complexity index is 594. The second-order valence-corrected chi connectivity index (χ2v) is 7.35. The van der Waals surface area contributed by atoms with Crippen LogP contribution in [0.5, 0.6) is 0 Å². The van der Waals surface area contributed by atoms with E-state index >= 15 is 0 Å². The minimum absolute atomic E-state index is 0.193. The number of hydrogen-bond donors (Lipinski definition) is 1. The molecule has 112 valence electrons. The molecule has 1 rings (SSSR count). The number of hydrogen-bond acceptors (Lipinski definition) is 3. The maximum Gasteiger partial charge on any atom is 0.251 e. The number of sulfonamides is 1. The smallest absolute Gasteiger partial charge is 0.251 e. The minimum atomic E-state index is -3.34. The molecule has 0 saturated heterocycles. The second kappa shape index (κ2) is 6.26. The molecule has 0 aromatic heterocycles. The highest BCUT2D eigenvalue weighted by atomic mass is 32.2. The molecule has 1 aromatic rings. The molecule has 1 N–H and O–H groups in total. The van der Waals surface area contributed by atoms with Gasteiger partial charge in [-0.1, -0.05) is 19.9 Å². The van der Waals surface area contributed by atoms with E-state index in [9.17, 15) is 13.2 Å². The normalized spacial score (nSPS) is 11.5. The summed E-state index contributed by atoms with van der Waals surface area (Å²) in [5.74, 6) is 0.171. The van der Waals surface area contributed by atoms with Gasteiger partial charge in [0.25, 0.3) is 5.91 Å². The highest BCUT2D eigenvalue weighted by molar-refractivity contribution is 7.92. The zero-order chi connectivity index (χ0) is 15.5. The van der Waals surface area contributed by atoms with Crippen LogP contribution in [-0.4, -0.2) is 34.2 Å². The molecule has 1 aromatic carbocycles. The number of anilines is 1. The van der Waals surface area contributed by atoms with Crippen LogP contribution in [0, 0.1) is 12.8 Å². The van der Waals surface area contributed by atoms with Gasteiger partial charge in [-0.2, -0.15) is 0 Å². The van der Waals surface area contributed by atoms with Crippen LogP contribution in [0.15, 0.2) is 18.2 Å². The summed E-state index contributed by atoms with van der Waals surface area (Å²) in [7, 11) is -1.87. The minimum Gasteiger partial charge on any atom is -0.352 e. The Morgan fingerprint density at radius 3 is 2.45 bits per heavy atom. The first-order valence-electron chi connectivity index (χ1n) is 6.45. The van der Waals surface area contributed by atoms with Crippen LogP contribution < -0.4 is 9.62 Å². The fraction of sp³-hybridized carbons (Fsp3) is 0.500. The quantitative estimate of drug-likeness (QED) is 0.901. The zero-order valence-corrected chi connectivity index (χ0v) is 13.4. The Labute approximate surface area is 121 Å². The van der Waals surface area contributed by atoms with Gasteiger partial charge in [0.05, 0.1) is 11.9 Å². The topological polar surface area (TPSA) is 66.5 Å². The monoisotopic (exact) mass is 298 g/mol. The van der Waals surface area contributed by atoms with Crippen molar-refractivity contribution < 1.29 is 13.2 Å². The molecule has 5 nitrogen and oxygen atoms in total. The number of nitrogens with zero attached hydrogens (tertiary/aromatic N) is 1. The van der Waals surface area contributed by atoms with Gasteiger partial charge in [0.15, 0.2) is 0 Å². The summed E-state index contributed by atoms with van der Waals surface area (Å²) >= 11 is 0. The Balaban J connectivity index is 3.06. The third-order valence-corrected chi connectivity index (χ3v) is 4.17. The number of aryl methyl sites for hydroxylation is 1. The lowest BCUT2D eigenvalue weighted by atomic mass is 10.1. The van der Waals surface area contributed by atoms with Crippen molar-refractivity contribution in [2.75, 3.05) is 24.2 Å². The molecule has 0 radical (unpaired) electrons. The predicted octanol–water partition coefficient (Wildman–Crippen LogP) is 1.78. The molecule has 0 heterocycles. The molecule has 6 heteroatoms. The maximum atomic E-state index is 12.0. The fourth-order valence-corrected chi connectivity index (χ4v) is 2.22. The molecule has 0 aliphatic heterocycles. The van der Waals surface area contributed by atoms with Gasteiger partial charge in [0.2, 0.25) is 10.0 Å². The number of carbonyl (C=O) groups is 1. The van der Waals surface area contributed by atoms with Crippen molar-refractivity contribution >= 4 is 21.6 Å². The van der Waals surface area contributed by atoms with E-state index in [1.807, 2.05) is 20.8 Å². The van der Waals surface area contributed by atoms with E-state index in [0.717, 1.165) is 11.8 Å². The summed E-state index contributed by atoms with van der Waals surface area (Å²) in [6.45, 7) is 6.42. The largest absolute Gasteiger partial charge is 0.352 e. The van der Waals surface area contributed by atoms with Crippen LogP contribution in [0.3, 0.4) is 0 Å². The Morgan fingerprint density at radius 1 is 1.35 bits per heavy atom. The molecule has 0 aliphatic carbocycles. The maximum absolute atomic E-state index is 12.0. The third kappa shape index (κ3) is 4.23. The van der Waals surface area contributed by atoms with Gasteiger partial charge >= 0.3 is 0 Å². The molecule has 0 fully saturated rings. The third-order valence-electron chi connectivity index (χ3n) is 2.98. The molecule has 0 unspecified atom stereocenters. The van der Waals surface area contributed by atoms with Crippen molar-refractivity contribution in [1.29, 1.82) is 0 Å². The molecule has 0 aliphatic rings. The highest BCUT2D eigenvalue weighted by Gasteiger charge is 2.16. The number of nitrogens with one attached hydrogen (secondary N) is 1. The van der Waals surface area contributed by atoms with Crippen molar-refractivity contribution in [2.24, 2.45) is 5.92 Å². The van der Waals surface area contributed by atoms with Gasteiger partial charge in [-0.3, -0.25) is 9.10 Å². The predicted molar refractivity (Wildman–Crippen MR) is 81.6 cm³/mol. The highest BCUT2D eigenvalue weighted by Crippen LogP contribution is 2.22. The molecule has 20 heavy (non-hydrogen) atoms. The lowest BCUT2D eigenvalue weighted by Gasteiger charge is -2.20.